The zero-order valence-corrected chi connectivity index (χ0v) is 17.0. The third kappa shape index (κ3) is 3.58. The minimum absolute atomic E-state index is 0.158. The molecule has 1 saturated carbocycles. The zero-order valence-electron chi connectivity index (χ0n) is 17.0. The molecule has 0 spiro atoms. The number of anilines is 3. The topological polar surface area (TPSA) is 65.8 Å². The Morgan fingerprint density at radius 3 is 2.52 bits per heavy atom. The van der Waals surface area contributed by atoms with Gasteiger partial charge in [-0.15, -0.1) is 0 Å². The Labute approximate surface area is 171 Å². The summed E-state index contributed by atoms with van der Waals surface area (Å²) in [5.74, 6) is 1.90. The molecule has 2 N–H and O–H groups in total. The number of nitrogens with zero attached hydrogens (tertiary/aromatic N) is 4. The first-order chi connectivity index (χ1) is 14.1. The Morgan fingerprint density at radius 2 is 1.86 bits per heavy atom. The SMILES string of the molecule is CC(=O)N1CCN(c2ccc(Nc3ncc4c(n3)[NH+](C3CC3)C=C4C)cc2)CC1. The average molecular weight is 391 g/mol. The number of rotatable bonds is 4. The number of benzene rings is 1. The summed E-state index contributed by atoms with van der Waals surface area (Å²) < 4.78 is 0. The van der Waals surface area contributed by atoms with Crippen LogP contribution in [0.1, 0.15) is 32.3 Å². The van der Waals surface area contributed by atoms with E-state index in [4.69, 9.17) is 4.98 Å². The summed E-state index contributed by atoms with van der Waals surface area (Å²) in [5.41, 5.74) is 4.59. The maximum Gasteiger partial charge on any atom is 0.243 e. The van der Waals surface area contributed by atoms with Crippen molar-refractivity contribution in [2.75, 3.05) is 36.4 Å². The second kappa shape index (κ2) is 7.15. The van der Waals surface area contributed by atoms with E-state index < -0.39 is 0 Å². The van der Waals surface area contributed by atoms with Crippen LogP contribution in [0.25, 0.3) is 5.57 Å². The molecule has 7 nitrogen and oxygen atoms in total. The van der Waals surface area contributed by atoms with Gasteiger partial charge in [0.05, 0.1) is 11.6 Å². The summed E-state index contributed by atoms with van der Waals surface area (Å²) in [5, 5.41) is 3.35. The summed E-state index contributed by atoms with van der Waals surface area (Å²) in [4.78, 5) is 26.4. The Morgan fingerprint density at radius 1 is 1.14 bits per heavy atom. The van der Waals surface area contributed by atoms with Crippen molar-refractivity contribution >= 4 is 34.6 Å². The largest absolute Gasteiger partial charge is 0.368 e. The minimum atomic E-state index is 0.158. The number of hydrogen-bond donors (Lipinski definition) is 2. The molecule has 1 aromatic carbocycles. The van der Waals surface area contributed by atoms with Gasteiger partial charge < -0.3 is 15.1 Å². The number of quaternary nitrogens is 1. The highest BCUT2D eigenvalue weighted by Crippen LogP contribution is 2.29. The smallest absolute Gasteiger partial charge is 0.243 e. The molecule has 1 saturated heterocycles. The fraction of sp³-hybridized carbons (Fsp3) is 0.409. The maximum absolute atomic E-state index is 11.5. The van der Waals surface area contributed by atoms with Crippen LogP contribution in [0, 0.1) is 0 Å². The molecule has 2 aliphatic heterocycles. The van der Waals surface area contributed by atoms with E-state index in [-0.39, 0.29) is 5.91 Å². The highest BCUT2D eigenvalue weighted by molar-refractivity contribution is 5.74. The summed E-state index contributed by atoms with van der Waals surface area (Å²) in [6.07, 6.45) is 6.76. The third-order valence-electron chi connectivity index (χ3n) is 6.09. The Bertz CT molecular complexity index is 958. The van der Waals surface area contributed by atoms with Gasteiger partial charge in [-0.25, -0.2) is 4.98 Å². The van der Waals surface area contributed by atoms with Crippen molar-refractivity contribution in [2.24, 2.45) is 0 Å². The Balaban J connectivity index is 1.26. The average Bonchev–Trinajstić information content (AvgIpc) is 3.53. The van der Waals surface area contributed by atoms with Crippen LogP contribution in [0.5, 0.6) is 0 Å². The molecule has 7 heteroatoms. The molecule has 2 fully saturated rings. The second-order valence-electron chi connectivity index (χ2n) is 8.18. The quantitative estimate of drug-likeness (QED) is 0.834. The number of nitrogens with one attached hydrogen (secondary N) is 2. The molecular formula is C22H27N6O+. The van der Waals surface area contributed by atoms with Crippen molar-refractivity contribution in [3.05, 3.63) is 42.2 Å². The molecular weight excluding hydrogens is 364 g/mol. The number of fused-ring (bicyclic) bond motifs is 1. The maximum atomic E-state index is 11.5. The fourth-order valence-corrected chi connectivity index (χ4v) is 4.20. The number of carbonyl (C=O) groups excluding carboxylic acids is 1. The predicted octanol–water partition coefficient (Wildman–Crippen LogP) is 1.94. The molecule has 0 bridgehead atoms. The van der Waals surface area contributed by atoms with Gasteiger partial charge in [-0.05, 0) is 31.2 Å². The van der Waals surface area contributed by atoms with Crippen molar-refractivity contribution in [3.63, 3.8) is 0 Å². The van der Waals surface area contributed by atoms with E-state index in [9.17, 15) is 4.79 Å². The highest BCUT2D eigenvalue weighted by atomic mass is 16.2. The number of aromatic nitrogens is 2. The monoisotopic (exact) mass is 391 g/mol. The molecule has 3 heterocycles. The van der Waals surface area contributed by atoms with Crippen molar-refractivity contribution in [3.8, 4) is 0 Å². The van der Waals surface area contributed by atoms with Crippen LogP contribution in [0.2, 0.25) is 0 Å². The van der Waals surface area contributed by atoms with Gasteiger partial charge in [0.2, 0.25) is 17.7 Å². The first-order valence-corrected chi connectivity index (χ1v) is 10.4. The fourth-order valence-electron chi connectivity index (χ4n) is 4.20. The number of amides is 1. The molecule has 5 rings (SSSR count). The zero-order chi connectivity index (χ0) is 20.0. The molecule has 1 aromatic heterocycles. The number of piperazine rings is 1. The summed E-state index contributed by atoms with van der Waals surface area (Å²) in [6.45, 7) is 7.08. The Kier molecular flexibility index (Phi) is 4.47. The van der Waals surface area contributed by atoms with Crippen molar-refractivity contribution in [1.29, 1.82) is 0 Å². The summed E-state index contributed by atoms with van der Waals surface area (Å²) >= 11 is 0. The van der Waals surface area contributed by atoms with Crippen LogP contribution in [0.4, 0.5) is 23.1 Å². The van der Waals surface area contributed by atoms with Crippen molar-refractivity contribution < 1.29 is 9.69 Å². The molecule has 2 aromatic rings. The van der Waals surface area contributed by atoms with Gasteiger partial charge in [0.1, 0.15) is 6.20 Å². The van der Waals surface area contributed by atoms with Crippen LogP contribution in [0.15, 0.2) is 36.7 Å². The van der Waals surface area contributed by atoms with E-state index >= 15 is 0 Å². The lowest BCUT2D eigenvalue weighted by Gasteiger charge is -2.35. The third-order valence-corrected chi connectivity index (χ3v) is 6.09. The van der Waals surface area contributed by atoms with E-state index in [1.807, 2.05) is 11.1 Å². The van der Waals surface area contributed by atoms with Gasteiger partial charge in [-0.1, -0.05) is 0 Å². The second-order valence-corrected chi connectivity index (χ2v) is 8.18. The van der Waals surface area contributed by atoms with Crippen molar-refractivity contribution in [2.45, 2.75) is 32.7 Å². The summed E-state index contributed by atoms with van der Waals surface area (Å²) in [7, 11) is 0. The normalized spacial score (nSPS) is 21.0. The van der Waals surface area contributed by atoms with Crippen LogP contribution in [0.3, 0.4) is 0 Å². The predicted molar refractivity (Wildman–Crippen MR) is 114 cm³/mol. The summed E-state index contributed by atoms with van der Waals surface area (Å²) in [6, 6.07) is 9.05. The first kappa shape index (κ1) is 18.1. The molecule has 1 unspecified atom stereocenters. The van der Waals surface area contributed by atoms with Gasteiger partial charge in [-0.2, -0.15) is 4.98 Å². The lowest BCUT2D eigenvalue weighted by atomic mass is 10.2. The molecule has 1 aliphatic carbocycles. The lowest BCUT2D eigenvalue weighted by Crippen LogP contribution is -3.03. The van der Waals surface area contributed by atoms with Gasteiger partial charge in [0.15, 0.2) is 0 Å². The van der Waals surface area contributed by atoms with E-state index in [1.54, 1.807) is 6.92 Å². The van der Waals surface area contributed by atoms with Gasteiger partial charge in [0.25, 0.3) is 0 Å². The highest BCUT2D eigenvalue weighted by Gasteiger charge is 2.39. The number of carbonyl (C=O) groups is 1. The van der Waals surface area contributed by atoms with Crippen LogP contribution in [-0.4, -0.2) is 53.0 Å². The van der Waals surface area contributed by atoms with Gasteiger partial charge in [-0.3, -0.25) is 9.69 Å². The van der Waals surface area contributed by atoms with E-state index in [0.717, 1.165) is 43.2 Å². The molecule has 1 amide bonds. The van der Waals surface area contributed by atoms with E-state index in [2.05, 4.69) is 52.6 Å². The Hall–Kier alpha value is -2.93. The first-order valence-electron chi connectivity index (χ1n) is 10.4. The molecule has 1 atom stereocenters. The van der Waals surface area contributed by atoms with Crippen LogP contribution >= 0.6 is 0 Å². The molecule has 29 heavy (non-hydrogen) atoms. The van der Waals surface area contributed by atoms with Gasteiger partial charge in [0, 0.05) is 69.1 Å². The number of hydrogen-bond acceptors (Lipinski definition) is 5. The van der Waals surface area contributed by atoms with E-state index in [0.29, 0.717) is 12.0 Å². The van der Waals surface area contributed by atoms with Crippen LogP contribution in [-0.2, 0) is 4.79 Å². The number of allylic oxidation sites excluding steroid dienone is 1. The van der Waals surface area contributed by atoms with Crippen molar-refractivity contribution in [1.82, 2.24) is 14.9 Å². The standard InChI is InChI=1S/C22H26N6O/c1-15-14-28(19-7-8-19)21-20(15)13-23-22(25-21)24-17-3-5-18(6-4-17)27-11-9-26(10-12-27)16(2)29/h3-6,13-14,19H,7-12H2,1-2H3,(H,23,24,25)/p+1. The molecule has 0 radical (unpaired) electrons. The van der Waals surface area contributed by atoms with Gasteiger partial charge >= 0.3 is 0 Å². The minimum Gasteiger partial charge on any atom is -0.368 e. The van der Waals surface area contributed by atoms with E-state index in [1.165, 1.54) is 29.0 Å². The lowest BCUT2D eigenvalue weighted by molar-refractivity contribution is -0.787. The van der Waals surface area contributed by atoms with Crippen LogP contribution < -0.4 is 15.1 Å². The molecule has 150 valence electrons. The molecule has 3 aliphatic rings.